The van der Waals surface area contributed by atoms with Crippen molar-refractivity contribution in [3.63, 3.8) is 0 Å². The van der Waals surface area contributed by atoms with Crippen LogP contribution in [0.2, 0.25) is 0 Å². The van der Waals surface area contributed by atoms with Gasteiger partial charge in [-0.2, -0.15) is 0 Å². The lowest BCUT2D eigenvalue weighted by molar-refractivity contribution is 0.103. The maximum atomic E-state index is 14.2. The number of aromatic nitrogens is 2. The molecule has 0 unspecified atom stereocenters. The molecule has 5 rings (SSSR count). The van der Waals surface area contributed by atoms with Crippen LogP contribution in [0, 0.1) is 17.6 Å². The van der Waals surface area contributed by atoms with Crippen LogP contribution in [0.1, 0.15) is 23.7 Å². The van der Waals surface area contributed by atoms with E-state index < -0.39 is 11.6 Å². The third-order valence-corrected chi connectivity index (χ3v) is 6.03. The molecule has 2 aromatic heterocycles. The lowest BCUT2D eigenvalue weighted by Gasteiger charge is -2.36. The van der Waals surface area contributed by atoms with Gasteiger partial charge in [0, 0.05) is 50.6 Å². The van der Waals surface area contributed by atoms with Gasteiger partial charge < -0.3 is 10.6 Å². The Balaban J connectivity index is 1.28. The Labute approximate surface area is 190 Å². The van der Waals surface area contributed by atoms with Crippen molar-refractivity contribution in [3.05, 3.63) is 71.1 Å². The smallest absolute Gasteiger partial charge is 0.323 e. The first kappa shape index (κ1) is 21.3. The van der Waals surface area contributed by atoms with Crippen molar-refractivity contribution in [1.29, 1.82) is 0 Å². The van der Waals surface area contributed by atoms with Crippen molar-refractivity contribution in [2.75, 3.05) is 24.1 Å². The summed E-state index contributed by atoms with van der Waals surface area (Å²) in [5.74, 6) is -0.554. The summed E-state index contributed by atoms with van der Waals surface area (Å²) >= 11 is 0. The largest absolute Gasteiger partial charge is 0.396 e. The van der Waals surface area contributed by atoms with Crippen LogP contribution in [-0.4, -0.2) is 38.9 Å². The van der Waals surface area contributed by atoms with Gasteiger partial charge in [0.25, 0.3) is 0 Å². The molecule has 1 fully saturated rings. The van der Waals surface area contributed by atoms with Gasteiger partial charge >= 0.3 is 6.03 Å². The van der Waals surface area contributed by atoms with Gasteiger partial charge in [0.2, 0.25) is 0 Å². The lowest BCUT2D eigenvalue weighted by Crippen LogP contribution is -2.44. The first-order chi connectivity index (χ1) is 15.9. The van der Waals surface area contributed by atoms with E-state index in [9.17, 15) is 13.6 Å². The predicted molar refractivity (Wildman–Crippen MR) is 121 cm³/mol. The van der Waals surface area contributed by atoms with E-state index in [1.807, 2.05) is 6.20 Å². The summed E-state index contributed by atoms with van der Waals surface area (Å²) in [5.41, 5.74) is 9.69. The second-order valence-electron chi connectivity index (χ2n) is 8.79. The van der Waals surface area contributed by atoms with E-state index in [1.165, 1.54) is 18.2 Å². The van der Waals surface area contributed by atoms with Crippen LogP contribution in [-0.2, 0) is 19.6 Å². The molecule has 1 saturated heterocycles. The number of rotatable bonds is 4. The van der Waals surface area contributed by atoms with E-state index in [-0.39, 0.29) is 28.8 Å². The summed E-state index contributed by atoms with van der Waals surface area (Å²) in [4.78, 5) is 25.8. The minimum atomic E-state index is -0.740. The van der Waals surface area contributed by atoms with E-state index in [1.54, 1.807) is 4.90 Å². The number of nitrogens with two attached hydrogens (primary N) is 1. The molecule has 2 aliphatic heterocycles. The first-order valence-electron chi connectivity index (χ1n) is 10.8. The number of carbonyl (C=O) groups is 1. The van der Waals surface area contributed by atoms with Crippen molar-refractivity contribution in [2.45, 2.75) is 26.6 Å². The highest BCUT2D eigenvalue weighted by molar-refractivity contribution is 5.92. The summed E-state index contributed by atoms with van der Waals surface area (Å²) in [6, 6.07) is 8.01. The number of halogens is 2. The molecule has 0 spiro atoms. The highest BCUT2D eigenvalue weighted by Crippen LogP contribution is 2.28. The molecule has 7 nitrogen and oxygen atoms in total. The van der Waals surface area contributed by atoms with E-state index in [4.69, 9.17) is 5.73 Å². The minimum Gasteiger partial charge on any atom is -0.396 e. The number of nitrogens with one attached hydrogen (secondary N) is 1. The number of urea groups is 1. The monoisotopic (exact) mass is 450 g/mol. The number of carbonyl (C=O) groups excluding carboxylic acids is 1. The summed E-state index contributed by atoms with van der Waals surface area (Å²) in [7, 11) is 0. The molecule has 33 heavy (non-hydrogen) atoms. The molecule has 0 saturated carbocycles. The van der Waals surface area contributed by atoms with Gasteiger partial charge in [0.1, 0.15) is 11.6 Å². The molecule has 3 N–H and O–H groups in total. The zero-order valence-corrected chi connectivity index (χ0v) is 18.2. The molecule has 2 aliphatic rings. The second kappa shape index (κ2) is 8.40. The molecule has 170 valence electrons. The second-order valence-corrected chi connectivity index (χ2v) is 8.79. The van der Waals surface area contributed by atoms with E-state index in [2.05, 4.69) is 33.2 Å². The number of fused-ring (bicyclic) bond motifs is 1. The molecular weight excluding hydrogens is 426 g/mol. The third-order valence-electron chi connectivity index (χ3n) is 6.03. The number of anilines is 2. The molecule has 9 heteroatoms. The Morgan fingerprint density at radius 3 is 2.70 bits per heavy atom. The Hall–Kier alpha value is -3.59. The van der Waals surface area contributed by atoms with Gasteiger partial charge in [-0.3, -0.25) is 15.2 Å². The number of nitrogens with zero attached hydrogens (tertiary/aromatic N) is 4. The van der Waals surface area contributed by atoms with Gasteiger partial charge in [-0.15, -0.1) is 0 Å². The zero-order chi connectivity index (χ0) is 23.1. The molecule has 0 bridgehead atoms. The fourth-order valence-electron chi connectivity index (χ4n) is 4.35. The maximum Gasteiger partial charge on any atom is 0.323 e. The number of pyridine rings is 2. The normalized spacial score (nSPS) is 15.9. The van der Waals surface area contributed by atoms with Gasteiger partial charge in [0.05, 0.1) is 17.1 Å². The molecule has 0 aliphatic carbocycles. The fourth-order valence-corrected chi connectivity index (χ4v) is 4.35. The van der Waals surface area contributed by atoms with Crippen LogP contribution in [0.3, 0.4) is 0 Å². The van der Waals surface area contributed by atoms with Crippen LogP contribution in [0.4, 0.5) is 25.1 Å². The summed E-state index contributed by atoms with van der Waals surface area (Å²) < 4.78 is 27.4. The van der Waals surface area contributed by atoms with Gasteiger partial charge in [-0.05, 0) is 47.4 Å². The minimum absolute atomic E-state index is 0.121. The van der Waals surface area contributed by atoms with Crippen molar-refractivity contribution in [1.82, 2.24) is 19.8 Å². The Kier molecular flexibility index (Phi) is 5.41. The fraction of sp³-hybridized carbons (Fsp3) is 0.292. The Morgan fingerprint density at radius 1 is 1.15 bits per heavy atom. The first-order valence-corrected chi connectivity index (χ1v) is 10.8. The van der Waals surface area contributed by atoms with E-state index in [0.29, 0.717) is 13.1 Å². The summed E-state index contributed by atoms with van der Waals surface area (Å²) in [5, 5.41) is 2.72. The number of hydrogen-bond donors (Lipinski definition) is 2. The lowest BCUT2D eigenvalue weighted by atomic mass is 10.0. The Morgan fingerprint density at radius 2 is 1.94 bits per heavy atom. The molecule has 4 heterocycles. The number of nitrogen functional groups attached to an aromatic ring is 1. The highest BCUT2D eigenvalue weighted by atomic mass is 19.1. The Bertz CT molecular complexity index is 1230. The van der Waals surface area contributed by atoms with Crippen LogP contribution in [0.5, 0.6) is 0 Å². The average Bonchev–Trinajstić information content (AvgIpc) is 3.18. The number of amides is 2. The van der Waals surface area contributed by atoms with Gasteiger partial charge in [-0.1, -0.05) is 6.92 Å². The van der Waals surface area contributed by atoms with Crippen LogP contribution >= 0.6 is 0 Å². The molecular formula is C24H24F2N6O. The van der Waals surface area contributed by atoms with Crippen molar-refractivity contribution in [2.24, 2.45) is 5.92 Å². The quantitative estimate of drug-likeness (QED) is 0.627. The van der Waals surface area contributed by atoms with Crippen LogP contribution < -0.4 is 11.1 Å². The molecule has 2 amide bonds. The van der Waals surface area contributed by atoms with E-state index in [0.717, 1.165) is 54.5 Å². The van der Waals surface area contributed by atoms with E-state index >= 15 is 0 Å². The van der Waals surface area contributed by atoms with Gasteiger partial charge in [-0.25, -0.2) is 18.6 Å². The van der Waals surface area contributed by atoms with Crippen LogP contribution in [0.25, 0.3) is 11.3 Å². The van der Waals surface area contributed by atoms with Crippen molar-refractivity contribution in [3.8, 4) is 11.3 Å². The number of likely N-dealkylation sites (tertiary alicyclic amines) is 1. The van der Waals surface area contributed by atoms with Crippen LogP contribution in [0.15, 0.2) is 42.6 Å². The predicted octanol–water partition coefficient (Wildman–Crippen LogP) is 4.00. The zero-order valence-electron chi connectivity index (χ0n) is 18.2. The summed E-state index contributed by atoms with van der Waals surface area (Å²) in [6.07, 6.45) is 1.84. The third kappa shape index (κ3) is 4.36. The number of hydrogen-bond acceptors (Lipinski definition) is 5. The van der Waals surface area contributed by atoms with Gasteiger partial charge in [0.15, 0.2) is 5.82 Å². The molecule has 1 aromatic carbocycles. The molecule has 3 aromatic rings. The molecule has 0 atom stereocenters. The SMILES string of the molecule is CC1CN(Cc2cc3c(cn2)CN(C(=O)Nc2nc(-c4ccc(F)cc4F)ccc2N)C3)C1. The topological polar surface area (TPSA) is 87.4 Å². The summed E-state index contributed by atoms with van der Waals surface area (Å²) in [6.45, 7) is 6.11. The van der Waals surface area contributed by atoms with Crippen molar-refractivity contribution < 1.29 is 13.6 Å². The highest BCUT2D eigenvalue weighted by Gasteiger charge is 2.27. The maximum absolute atomic E-state index is 14.2. The standard InChI is InChI=1S/C24H24F2N6O/c1-14-9-31(10-14)13-18-6-15-11-32(12-16(15)8-28-18)24(33)30-23-21(27)4-5-22(29-23)19-3-2-17(25)7-20(19)26/h2-8,14H,9-13,27H2,1H3,(H,29,30,33). The van der Waals surface area contributed by atoms with Crippen molar-refractivity contribution >= 4 is 17.5 Å². The molecule has 0 radical (unpaired) electrons. The average molecular weight is 450 g/mol. The number of benzene rings is 1.